The molecule has 0 saturated heterocycles. The number of benzene rings is 1. The van der Waals surface area contributed by atoms with Crippen molar-refractivity contribution in [2.75, 3.05) is 12.3 Å². The van der Waals surface area contributed by atoms with Crippen molar-refractivity contribution in [3.63, 3.8) is 0 Å². The van der Waals surface area contributed by atoms with Gasteiger partial charge in [0.25, 0.3) is 0 Å². The summed E-state index contributed by atoms with van der Waals surface area (Å²) >= 11 is 0. The lowest BCUT2D eigenvalue weighted by atomic mass is 10.0. The van der Waals surface area contributed by atoms with Gasteiger partial charge in [0.1, 0.15) is 16.5 Å². The number of nitrogens with two attached hydrogens (primary N) is 1. The molecular formula is C14H20F2N2O2S. The molecule has 3 N–H and O–H groups in total. The smallest absolute Gasteiger partial charge is 0.243 e. The summed E-state index contributed by atoms with van der Waals surface area (Å²) in [5.74, 6) is -1.97. The molecule has 0 amide bonds. The van der Waals surface area contributed by atoms with Crippen LogP contribution in [0.15, 0.2) is 17.0 Å². The van der Waals surface area contributed by atoms with Crippen molar-refractivity contribution in [2.45, 2.75) is 32.6 Å². The maximum atomic E-state index is 13.7. The van der Waals surface area contributed by atoms with E-state index in [2.05, 4.69) is 32.4 Å². The minimum Gasteiger partial charge on any atom is -0.396 e. The molecule has 1 saturated carbocycles. The van der Waals surface area contributed by atoms with Crippen LogP contribution in [-0.2, 0) is 10.0 Å². The van der Waals surface area contributed by atoms with Crippen molar-refractivity contribution in [2.24, 2.45) is 16.7 Å². The van der Waals surface area contributed by atoms with E-state index in [-0.39, 0.29) is 23.3 Å². The first-order valence-corrected chi connectivity index (χ1v) is 8.14. The molecule has 1 aromatic rings. The van der Waals surface area contributed by atoms with Gasteiger partial charge in [0.15, 0.2) is 0 Å². The maximum Gasteiger partial charge on any atom is 0.243 e. The number of anilines is 1. The van der Waals surface area contributed by atoms with Gasteiger partial charge < -0.3 is 5.73 Å². The topological polar surface area (TPSA) is 72.2 Å². The normalized spacial score (nSPS) is 20.5. The fourth-order valence-corrected chi connectivity index (χ4v) is 4.00. The average molecular weight is 318 g/mol. The lowest BCUT2D eigenvalue weighted by molar-refractivity contribution is 0.457. The second kappa shape index (κ2) is 4.64. The molecule has 0 bridgehead atoms. The Hall–Kier alpha value is -1.21. The lowest BCUT2D eigenvalue weighted by Gasteiger charge is -2.10. The van der Waals surface area contributed by atoms with Gasteiger partial charge in [0.05, 0.1) is 5.69 Å². The van der Waals surface area contributed by atoms with Crippen LogP contribution >= 0.6 is 0 Å². The molecule has 118 valence electrons. The summed E-state index contributed by atoms with van der Waals surface area (Å²) in [5, 5.41) is 0. The molecule has 0 radical (unpaired) electrons. The minimum absolute atomic E-state index is 0.00981. The summed E-state index contributed by atoms with van der Waals surface area (Å²) in [5.41, 5.74) is 4.93. The Morgan fingerprint density at radius 3 is 2.14 bits per heavy atom. The highest BCUT2D eigenvalue weighted by atomic mass is 32.2. The third kappa shape index (κ3) is 2.53. The molecule has 0 aromatic heterocycles. The monoisotopic (exact) mass is 318 g/mol. The van der Waals surface area contributed by atoms with Crippen molar-refractivity contribution in [3.8, 4) is 0 Å². The van der Waals surface area contributed by atoms with Gasteiger partial charge >= 0.3 is 0 Å². The molecule has 1 aliphatic rings. The number of hydrogen-bond acceptors (Lipinski definition) is 3. The van der Waals surface area contributed by atoms with E-state index in [0.29, 0.717) is 6.07 Å². The molecule has 0 spiro atoms. The number of hydrogen-bond donors (Lipinski definition) is 2. The zero-order valence-electron chi connectivity index (χ0n) is 12.5. The fourth-order valence-electron chi connectivity index (χ4n) is 2.87. The lowest BCUT2D eigenvalue weighted by Crippen LogP contribution is -2.28. The predicted molar refractivity (Wildman–Crippen MR) is 77.0 cm³/mol. The van der Waals surface area contributed by atoms with E-state index in [4.69, 9.17) is 5.73 Å². The van der Waals surface area contributed by atoms with Crippen LogP contribution in [0.5, 0.6) is 0 Å². The van der Waals surface area contributed by atoms with Crippen molar-refractivity contribution in [3.05, 3.63) is 23.8 Å². The van der Waals surface area contributed by atoms with E-state index < -0.39 is 32.2 Å². The molecule has 21 heavy (non-hydrogen) atoms. The third-order valence-corrected chi connectivity index (χ3v) is 6.58. The van der Waals surface area contributed by atoms with Crippen molar-refractivity contribution in [1.82, 2.24) is 4.72 Å². The Morgan fingerprint density at radius 2 is 1.67 bits per heavy atom. The molecule has 0 unspecified atom stereocenters. The zero-order chi connectivity index (χ0) is 16.2. The van der Waals surface area contributed by atoms with Crippen LogP contribution in [0.25, 0.3) is 0 Å². The summed E-state index contributed by atoms with van der Waals surface area (Å²) < 4.78 is 53.4. The molecule has 1 aliphatic carbocycles. The van der Waals surface area contributed by atoms with Crippen LogP contribution in [0.1, 0.15) is 27.7 Å². The van der Waals surface area contributed by atoms with Gasteiger partial charge in [-0.25, -0.2) is 21.9 Å². The molecular weight excluding hydrogens is 298 g/mol. The molecule has 0 atom stereocenters. The summed E-state index contributed by atoms with van der Waals surface area (Å²) in [6.07, 6.45) is 0. The highest BCUT2D eigenvalue weighted by Crippen LogP contribution is 2.67. The van der Waals surface area contributed by atoms with Crippen LogP contribution in [0.2, 0.25) is 0 Å². The standard InChI is InChI=1S/C14H20F2N2O2S/c1-13(2)12(14(13,3)4)7-18-21(19,20)11-6-10(17)8(15)5-9(11)16/h5-6,12,18H,7,17H2,1-4H3. The quantitative estimate of drug-likeness (QED) is 0.838. The van der Waals surface area contributed by atoms with Crippen LogP contribution in [0, 0.1) is 28.4 Å². The summed E-state index contributed by atoms with van der Waals surface area (Å²) in [7, 11) is -4.06. The van der Waals surface area contributed by atoms with E-state index in [1.807, 2.05) is 0 Å². The predicted octanol–water partition coefficient (Wildman–Crippen LogP) is 2.51. The largest absolute Gasteiger partial charge is 0.396 e. The van der Waals surface area contributed by atoms with Gasteiger partial charge in [-0.3, -0.25) is 0 Å². The molecule has 7 heteroatoms. The first kappa shape index (κ1) is 16.2. The van der Waals surface area contributed by atoms with Gasteiger partial charge in [0.2, 0.25) is 10.0 Å². The second-order valence-electron chi connectivity index (χ2n) is 6.65. The van der Waals surface area contributed by atoms with Crippen molar-refractivity contribution >= 4 is 15.7 Å². The van der Waals surface area contributed by atoms with E-state index in [9.17, 15) is 17.2 Å². The number of nitrogens with one attached hydrogen (secondary N) is 1. The first-order chi connectivity index (χ1) is 9.41. The molecule has 2 rings (SSSR count). The van der Waals surface area contributed by atoms with Crippen LogP contribution < -0.4 is 10.5 Å². The Morgan fingerprint density at radius 1 is 1.14 bits per heavy atom. The van der Waals surface area contributed by atoms with Gasteiger partial charge in [-0.15, -0.1) is 0 Å². The van der Waals surface area contributed by atoms with E-state index in [0.717, 1.165) is 6.07 Å². The van der Waals surface area contributed by atoms with E-state index >= 15 is 0 Å². The molecule has 1 fully saturated rings. The van der Waals surface area contributed by atoms with Crippen LogP contribution in [0.3, 0.4) is 0 Å². The van der Waals surface area contributed by atoms with Crippen molar-refractivity contribution in [1.29, 1.82) is 0 Å². The van der Waals surface area contributed by atoms with Gasteiger partial charge in [-0.05, 0) is 22.8 Å². The zero-order valence-corrected chi connectivity index (χ0v) is 13.3. The number of sulfonamides is 1. The minimum atomic E-state index is -4.06. The SMILES string of the molecule is CC1(C)C(CNS(=O)(=O)c2cc(N)c(F)cc2F)C1(C)C. The van der Waals surface area contributed by atoms with Crippen LogP contribution in [-0.4, -0.2) is 15.0 Å². The summed E-state index contributed by atoms with van der Waals surface area (Å²) in [6.45, 7) is 8.44. The second-order valence-corrected chi connectivity index (χ2v) is 8.39. The molecule has 4 nitrogen and oxygen atoms in total. The molecule has 0 heterocycles. The highest BCUT2D eigenvalue weighted by molar-refractivity contribution is 7.89. The Balaban J connectivity index is 2.19. The Bertz CT molecular complexity index is 670. The Kier molecular flexibility index (Phi) is 3.57. The summed E-state index contributed by atoms with van der Waals surface area (Å²) in [4.78, 5) is -0.627. The number of halogens is 2. The van der Waals surface area contributed by atoms with Gasteiger partial charge in [0, 0.05) is 12.6 Å². The van der Waals surface area contributed by atoms with Gasteiger partial charge in [-0.2, -0.15) is 0 Å². The molecule has 1 aromatic carbocycles. The maximum absolute atomic E-state index is 13.7. The van der Waals surface area contributed by atoms with Crippen LogP contribution in [0.4, 0.5) is 14.5 Å². The number of rotatable bonds is 4. The van der Waals surface area contributed by atoms with Crippen molar-refractivity contribution < 1.29 is 17.2 Å². The molecule has 0 aliphatic heterocycles. The first-order valence-electron chi connectivity index (χ1n) is 6.65. The summed E-state index contributed by atoms with van der Waals surface area (Å²) in [6, 6.07) is 1.28. The van der Waals surface area contributed by atoms with Gasteiger partial charge in [-0.1, -0.05) is 27.7 Å². The fraction of sp³-hybridized carbons (Fsp3) is 0.571. The van der Waals surface area contributed by atoms with E-state index in [1.165, 1.54) is 0 Å². The Labute approximate surface area is 123 Å². The third-order valence-electron chi connectivity index (χ3n) is 5.14. The van der Waals surface area contributed by atoms with E-state index in [1.54, 1.807) is 0 Å². The number of nitrogen functional groups attached to an aromatic ring is 1. The average Bonchev–Trinajstić information content (AvgIpc) is 2.71. The highest BCUT2D eigenvalue weighted by Gasteiger charge is 2.64.